The first-order valence-electron chi connectivity index (χ1n) is 13.6. The summed E-state index contributed by atoms with van der Waals surface area (Å²) in [5.41, 5.74) is 2.17. The molecule has 2 aromatic rings. The number of ether oxygens (including phenoxy) is 2. The van der Waals surface area contributed by atoms with E-state index in [2.05, 4.69) is 15.6 Å². The van der Waals surface area contributed by atoms with Crippen LogP contribution in [-0.2, 0) is 20.7 Å². The van der Waals surface area contributed by atoms with E-state index in [9.17, 15) is 14.4 Å². The van der Waals surface area contributed by atoms with Crippen LogP contribution < -0.4 is 15.4 Å². The van der Waals surface area contributed by atoms with Crippen molar-refractivity contribution in [3.8, 4) is 5.75 Å². The number of hydrogen-bond acceptors (Lipinski definition) is 6. The Hall–Kier alpha value is -3.46. The minimum atomic E-state index is -0.331. The normalized spacial score (nSPS) is 23.4. The first-order chi connectivity index (χ1) is 18.5. The molecule has 38 heavy (non-hydrogen) atoms. The number of anilines is 1. The van der Waals surface area contributed by atoms with Gasteiger partial charge < -0.3 is 25.0 Å². The van der Waals surface area contributed by atoms with Crippen LogP contribution in [0.15, 0.2) is 42.7 Å². The molecule has 2 fully saturated rings. The number of pyridine rings is 1. The quantitative estimate of drug-likeness (QED) is 0.580. The monoisotopic (exact) mass is 520 g/mol. The van der Waals surface area contributed by atoms with Gasteiger partial charge in [0.05, 0.1) is 24.1 Å². The number of nitrogens with zero attached hydrogens (tertiary/aromatic N) is 2. The molecule has 2 N–H and O–H groups in total. The van der Waals surface area contributed by atoms with Gasteiger partial charge in [-0.05, 0) is 68.0 Å². The van der Waals surface area contributed by atoms with E-state index in [1.807, 2.05) is 12.1 Å². The minimum Gasteiger partial charge on any atom is -0.490 e. The fraction of sp³-hybridized carbons (Fsp3) is 0.517. The molecular weight excluding hydrogens is 484 g/mol. The molecule has 1 aliphatic carbocycles. The third kappa shape index (κ3) is 6.15. The number of aromatic nitrogens is 1. The maximum atomic E-state index is 13.4. The summed E-state index contributed by atoms with van der Waals surface area (Å²) < 4.78 is 12.3. The summed E-state index contributed by atoms with van der Waals surface area (Å²) in [6.07, 6.45) is 9.36. The lowest BCUT2D eigenvalue weighted by Gasteiger charge is -2.42. The summed E-state index contributed by atoms with van der Waals surface area (Å²) >= 11 is 0. The molecule has 9 nitrogen and oxygen atoms in total. The summed E-state index contributed by atoms with van der Waals surface area (Å²) in [5.74, 6) is 0.323. The van der Waals surface area contributed by atoms with Gasteiger partial charge in [0.25, 0.3) is 5.91 Å². The molecule has 0 bridgehead atoms. The molecule has 2 aliphatic heterocycles. The molecule has 3 heterocycles. The molecule has 9 heteroatoms. The Morgan fingerprint density at radius 2 is 1.87 bits per heavy atom. The van der Waals surface area contributed by atoms with E-state index in [0.29, 0.717) is 30.0 Å². The number of benzene rings is 1. The Morgan fingerprint density at radius 3 is 2.66 bits per heavy atom. The van der Waals surface area contributed by atoms with Gasteiger partial charge in [-0.3, -0.25) is 19.4 Å². The molecule has 0 spiro atoms. The molecular formula is C29H36N4O5. The van der Waals surface area contributed by atoms with Crippen molar-refractivity contribution < 1.29 is 23.9 Å². The summed E-state index contributed by atoms with van der Waals surface area (Å²) in [6.45, 7) is 0.838. The maximum absolute atomic E-state index is 13.4. The highest BCUT2D eigenvalue weighted by molar-refractivity contribution is 6.00. The lowest BCUT2D eigenvalue weighted by Crippen LogP contribution is -2.54. The number of carbonyl (C=O) groups is 3. The zero-order chi connectivity index (χ0) is 26.5. The molecule has 1 saturated heterocycles. The molecule has 3 aliphatic rings. The Labute approximate surface area is 223 Å². The summed E-state index contributed by atoms with van der Waals surface area (Å²) in [7, 11) is 1.79. The number of amides is 3. The fourth-order valence-corrected chi connectivity index (χ4v) is 5.71. The van der Waals surface area contributed by atoms with E-state index in [0.717, 1.165) is 44.1 Å². The van der Waals surface area contributed by atoms with Crippen LogP contribution in [0.25, 0.3) is 0 Å². The average Bonchev–Trinajstić information content (AvgIpc) is 3.47. The summed E-state index contributed by atoms with van der Waals surface area (Å²) in [5, 5.41) is 5.95. The third-order valence-corrected chi connectivity index (χ3v) is 7.90. The molecule has 5 rings (SSSR count). The Balaban J connectivity index is 1.17. The van der Waals surface area contributed by atoms with Crippen molar-refractivity contribution in [1.82, 2.24) is 15.2 Å². The maximum Gasteiger partial charge on any atom is 0.257 e. The van der Waals surface area contributed by atoms with Gasteiger partial charge in [0.1, 0.15) is 18.5 Å². The highest BCUT2D eigenvalue weighted by atomic mass is 16.5. The van der Waals surface area contributed by atoms with E-state index < -0.39 is 0 Å². The van der Waals surface area contributed by atoms with Crippen molar-refractivity contribution in [2.75, 3.05) is 25.5 Å². The van der Waals surface area contributed by atoms with Gasteiger partial charge in [0, 0.05) is 37.6 Å². The van der Waals surface area contributed by atoms with Crippen LogP contribution in [0.5, 0.6) is 5.75 Å². The van der Waals surface area contributed by atoms with Crippen molar-refractivity contribution in [3.05, 3.63) is 53.9 Å². The van der Waals surface area contributed by atoms with Gasteiger partial charge in [0.15, 0.2) is 0 Å². The number of carbonyl (C=O) groups excluding carboxylic acids is 3. The minimum absolute atomic E-state index is 0.0169. The van der Waals surface area contributed by atoms with Crippen molar-refractivity contribution >= 4 is 23.4 Å². The SMILES string of the molecule is CN1C(=O)c2cc(NC(=O)C3CCCC3)ccc2OC[C@@H]2O[C@@H](CC(=O)NCCc3ccncc3)CC[C@H]21. The fourth-order valence-electron chi connectivity index (χ4n) is 5.71. The molecule has 3 amide bonds. The Kier molecular flexibility index (Phi) is 8.22. The van der Waals surface area contributed by atoms with Crippen molar-refractivity contribution in [1.29, 1.82) is 0 Å². The van der Waals surface area contributed by atoms with Crippen molar-refractivity contribution in [2.24, 2.45) is 5.92 Å². The van der Waals surface area contributed by atoms with Crippen LogP contribution in [0.3, 0.4) is 0 Å². The van der Waals surface area contributed by atoms with Crippen molar-refractivity contribution in [3.63, 3.8) is 0 Å². The van der Waals surface area contributed by atoms with Crippen LogP contribution in [0.4, 0.5) is 5.69 Å². The molecule has 0 unspecified atom stereocenters. The van der Waals surface area contributed by atoms with Gasteiger partial charge >= 0.3 is 0 Å². The number of rotatable bonds is 7. The van der Waals surface area contributed by atoms with Gasteiger partial charge in [-0.1, -0.05) is 12.8 Å². The number of hydrogen-bond donors (Lipinski definition) is 2. The van der Waals surface area contributed by atoms with Crippen LogP contribution in [0.1, 0.15) is 60.9 Å². The average molecular weight is 521 g/mol. The lowest BCUT2D eigenvalue weighted by molar-refractivity contribution is -0.134. The third-order valence-electron chi connectivity index (χ3n) is 7.90. The second-order valence-electron chi connectivity index (χ2n) is 10.5. The predicted octanol–water partition coefficient (Wildman–Crippen LogP) is 3.34. The largest absolute Gasteiger partial charge is 0.490 e. The standard InChI is InChI=1S/C29H36N4O5/c1-33-24-8-7-22(17-27(34)31-15-12-19-10-13-30-14-11-19)38-26(24)18-37-25-9-6-21(16-23(25)29(33)36)32-28(35)20-4-2-3-5-20/h6,9-11,13-14,16,20,22,24,26H,2-5,7-8,12,15,17-18H2,1H3,(H,31,34)(H,32,35)/t22-,24-,26+/m1/s1. The zero-order valence-corrected chi connectivity index (χ0v) is 21.9. The van der Waals surface area contributed by atoms with Crippen molar-refractivity contribution in [2.45, 2.75) is 69.6 Å². The van der Waals surface area contributed by atoms with E-state index in [4.69, 9.17) is 9.47 Å². The van der Waals surface area contributed by atoms with Gasteiger partial charge in [0.2, 0.25) is 11.8 Å². The zero-order valence-electron chi connectivity index (χ0n) is 21.9. The smallest absolute Gasteiger partial charge is 0.257 e. The second-order valence-corrected chi connectivity index (χ2v) is 10.5. The number of likely N-dealkylation sites (N-methyl/N-ethyl adjacent to an activating group) is 1. The van der Waals surface area contributed by atoms with E-state index in [-0.39, 0.29) is 54.9 Å². The van der Waals surface area contributed by atoms with Crippen LogP contribution >= 0.6 is 0 Å². The molecule has 1 aromatic heterocycles. The summed E-state index contributed by atoms with van der Waals surface area (Å²) in [6, 6.07) is 8.95. The van der Waals surface area contributed by atoms with Crippen LogP contribution in [0, 0.1) is 5.92 Å². The highest BCUT2D eigenvalue weighted by Gasteiger charge is 2.39. The topological polar surface area (TPSA) is 110 Å². The first-order valence-corrected chi connectivity index (χ1v) is 13.6. The molecule has 1 aromatic carbocycles. The van der Waals surface area contributed by atoms with E-state index in [1.54, 1.807) is 42.5 Å². The molecule has 0 radical (unpaired) electrons. The summed E-state index contributed by atoms with van der Waals surface area (Å²) in [4.78, 5) is 44.3. The van der Waals surface area contributed by atoms with Gasteiger partial charge in [-0.15, -0.1) is 0 Å². The van der Waals surface area contributed by atoms with Crippen LogP contribution in [0.2, 0.25) is 0 Å². The van der Waals surface area contributed by atoms with E-state index >= 15 is 0 Å². The van der Waals surface area contributed by atoms with E-state index in [1.165, 1.54) is 0 Å². The molecule has 1 saturated carbocycles. The number of nitrogens with one attached hydrogen (secondary N) is 2. The Bertz CT molecular complexity index is 1150. The highest BCUT2D eigenvalue weighted by Crippen LogP contribution is 2.33. The second kappa shape index (κ2) is 11.9. The van der Waals surface area contributed by atoms with Crippen LogP contribution in [-0.4, -0.2) is 66.1 Å². The van der Waals surface area contributed by atoms with Gasteiger partial charge in [-0.2, -0.15) is 0 Å². The number of fused-ring (bicyclic) bond motifs is 2. The molecule has 3 atom stereocenters. The molecule has 202 valence electrons. The lowest BCUT2D eigenvalue weighted by atomic mass is 9.94. The predicted molar refractivity (Wildman–Crippen MR) is 142 cm³/mol. The first kappa shape index (κ1) is 26.2. The Morgan fingerprint density at radius 1 is 1.08 bits per heavy atom. The van der Waals surface area contributed by atoms with Gasteiger partial charge in [-0.25, -0.2) is 0 Å².